The highest BCUT2D eigenvalue weighted by atomic mass is 19.4. The molecule has 4 aromatic rings. The molecule has 4 N–H and O–H groups in total. The topological polar surface area (TPSA) is 132 Å². The van der Waals surface area contributed by atoms with Crippen LogP contribution in [-0.4, -0.2) is 30.8 Å². The molecule has 9 nitrogen and oxygen atoms in total. The van der Waals surface area contributed by atoms with Crippen LogP contribution in [0.5, 0.6) is 0 Å². The highest BCUT2D eigenvalue weighted by Crippen LogP contribution is 2.36. The summed E-state index contributed by atoms with van der Waals surface area (Å²) in [6, 6.07) is 1.84. The van der Waals surface area contributed by atoms with Gasteiger partial charge in [-0.15, -0.1) is 0 Å². The number of nitrogens with one attached hydrogen (secondary N) is 2. The van der Waals surface area contributed by atoms with Crippen LogP contribution in [-0.2, 0) is 18.9 Å². The van der Waals surface area contributed by atoms with Gasteiger partial charge in [-0.25, -0.2) is 23.8 Å². The molecule has 0 bridgehead atoms. The molecule has 2 atom stereocenters. The van der Waals surface area contributed by atoms with Crippen LogP contribution in [0.25, 0.3) is 22.2 Å². The number of aromatic amines is 1. The van der Waals surface area contributed by atoms with Gasteiger partial charge in [0.05, 0.1) is 22.8 Å². The van der Waals surface area contributed by atoms with E-state index in [2.05, 4.69) is 20.4 Å². The first-order chi connectivity index (χ1) is 20.1. The van der Waals surface area contributed by atoms with Gasteiger partial charge < -0.3 is 15.6 Å². The molecule has 0 saturated heterocycles. The first-order valence-electron chi connectivity index (χ1n) is 12.8. The van der Waals surface area contributed by atoms with Gasteiger partial charge in [0.2, 0.25) is 0 Å². The second-order valence-electron chi connectivity index (χ2n) is 10.1. The molecule has 1 aliphatic rings. The lowest BCUT2D eigenvalue weighted by molar-refractivity contribution is -0.138. The van der Waals surface area contributed by atoms with Crippen LogP contribution >= 0.6 is 0 Å². The summed E-state index contributed by atoms with van der Waals surface area (Å²) in [6.07, 6.45) is -5.29. The Morgan fingerprint density at radius 1 is 1.05 bits per heavy atom. The lowest BCUT2D eigenvalue weighted by atomic mass is 9.85. The molecule has 1 saturated carbocycles. The van der Waals surface area contributed by atoms with E-state index in [4.69, 9.17) is 5.73 Å². The summed E-state index contributed by atoms with van der Waals surface area (Å²) in [7, 11) is 0. The number of H-pyrrole nitrogens is 1. The molecule has 3 heterocycles. The monoisotopic (exact) mass is 615 g/mol. The van der Waals surface area contributed by atoms with Gasteiger partial charge in [-0.3, -0.25) is 9.59 Å². The number of nitrogen functional groups attached to an aromatic ring is 1. The maximum absolute atomic E-state index is 15.2. The minimum Gasteiger partial charge on any atom is -0.383 e. The van der Waals surface area contributed by atoms with E-state index in [1.807, 2.05) is 0 Å². The van der Waals surface area contributed by atoms with Crippen molar-refractivity contribution in [1.29, 1.82) is 0 Å². The molecule has 1 aromatic carbocycles. The summed E-state index contributed by atoms with van der Waals surface area (Å²) >= 11 is 0. The fourth-order valence-corrected chi connectivity index (χ4v) is 5.30. The first-order valence-corrected chi connectivity index (χ1v) is 12.8. The van der Waals surface area contributed by atoms with E-state index < -0.39 is 80.6 Å². The van der Waals surface area contributed by atoms with Crippen molar-refractivity contribution in [3.8, 4) is 11.4 Å². The Labute approximate surface area is 235 Å². The predicted molar refractivity (Wildman–Crippen MR) is 138 cm³/mol. The zero-order valence-electron chi connectivity index (χ0n) is 21.8. The molecule has 0 amide bonds. The number of hydrogen-bond acceptors (Lipinski definition) is 7. The van der Waals surface area contributed by atoms with Gasteiger partial charge in [-0.2, -0.15) is 31.4 Å². The summed E-state index contributed by atoms with van der Waals surface area (Å²) < 4.78 is 111. The SMILES string of the molecule is Nc1nc(-c2cc3ccn(C[C@@H]4CCC[C@H](Nc5cn[nH]c(=O)c5C(F)(F)F)C4)c(=O)c3c(F)c2F)ncc1C(F)(F)F. The van der Waals surface area contributed by atoms with Crippen molar-refractivity contribution >= 4 is 22.3 Å². The van der Waals surface area contributed by atoms with Gasteiger partial charge in [-0.05, 0) is 42.7 Å². The molecule has 17 heteroatoms. The van der Waals surface area contributed by atoms with Crippen molar-refractivity contribution in [2.24, 2.45) is 5.92 Å². The summed E-state index contributed by atoms with van der Waals surface area (Å²) in [5, 5.41) is 7.25. The number of aromatic nitrogens is 5. The summed E-state index contributed by atoms with van der Waals surface area (Å²) in [6.45, 7) is 0.0358. The van der Waals surface area contributed by atoms with Gasteiger partial charge in [0.1, 0.15) is 16.9 Å². The van der Waals surface area contributed by atoms with Crippen LogP contribution in [0.1, 0.15) is 36.8 Å². The second-order valence-corrected chi connectivity index (χ2v) is 10.1. The van der Waals surface area contributed by atoms with Crippen LogP contribution in [0.2, 0.25) is 0 Å². The third-order valence-electron chi connectivity index (χ3n) is 7.25. The molecular weight excluding hydrogens is 594 g/mol. The third kappa shape index (κ3) is 5.87. The maximum atomic E-state index is 15.2. The summed E-state index contributed by atoms with van der Waals surface area (Å²) in [5.41, 5.74) is -0.760. The highest BCUT2D eigenvalue weighted by molar-refractivity contribution is 5.86. The van der Waals surface area contributed by atoms with Crippen LogP contribution in [0.4, 0.5) is 46.6 Å². The van der Waals surface area contributed by atoms with E-state index >= 15 is 8.78 Å². The molecule has 0 unspecified atom stereocenters. The number of halogens is 8. The Morgan fingerprint density at radius 2 is 1.79 bits per heavy atom. The highest BCUT2D eigenvalue weighted by Gasteiger charge is 2.38. The Balaban J connectivity index is 1.40. The molecule has 1 aliphatic carbocycles. The molecule has 228 valence electrons. The standard InChI is InChI=1S/C26H21F8N7O2/c27-19-14(22-36-8-15(21(35)39-22)25(29,30)31)7-12-4-5-41(24(43)17(12)20(19)28)10-11-2-1-3-13(6-11)38-16-9-37-40-23(42)18(16)26(32,33)34/h4-5,7-9,11,13H,1-3,6,10H2,(H2,35,36,39)(H2,38,40,42)/t11-,13+/m1/s1. The van der Waals surface area contributed by atoms with Gasteiger partial charge in [0.25, 0.3) is 11.1 Å². The van der Waals surface area contributed by atoms with Gasteiger partial charge in [0.15, 0.2) is 17.5 Å². The molecule has 43 heavy (non-hydrogen) atoms. The number of fused-ring (bicyclic) bond motifs is 1. The van der Waals surface area contributed by atoms with Crippen molar-refractivity contribution in [1.82, 2.24) is 24.7 Å². The average Bonchev–Trinajstić information content (AvgIpc) is 2.91. The second kappa shape index (κ2) is 10.9. The number of alkyl halides is 6. The quantitative estimate of drug-likeness (QED) is 0.266. The Hall–Kier alpha value is -4.57. The molecule has 1 fully saturated rings. The number of hydrogen-bond donors (Lipinski definition) is 3. The molecular formula is C26H21F8N7O2. The van der Waals surface area contributed by atoms with Crippen molar-refractivity contribution in [3.63, 3.8) is 0 Å². The number of pyridine rings is 1. The van der Waals surface area contributed by atoms with Gasteiger partial charge in [-0.1, -0.05) is 6.42 Å². The van der Waals surface area contributed by atoms with E-state index in [1.54, 1.807) is 5.10 Å². The van der Waals surface area contributed by atoms with Crippen LogP contribution in [0, 0.1) is 17.6 Å². The largest absolute Gasteiger partial charge is 0.423 e. The smallest absolute Gasteiger partial charge is 0.383 e. The van der Waals surface area contributed by atoms with E-state index in [1.165, 1.54) is 12.3 Å². The zero-order chi connectivity index (χ0) is 31.3. The van der Waals surface area contributed by atoms with E-state index in [0.29, 0.717) is 31.9 Å². The van der Waals surface area contributed by atoms with Crippen molar-refractivity contribution in [2.75, 3.05) is 11.1 Å². The minimum absolute atomic E-state index is 0.0358. The fraction of sp³-hybridized carbons (Fsp3) is 0.346. The molecule has 5 rings (SSSR count). The maximum Gasteiger partial charge on any atom is 0.423 e. The van der Waals surface area contributed by atoms with Crippen LogP contribution in [0.15, 0.2) is 40.3 Å². The Kier molecular flexibility index (Phi) is 7.60. The van der Waals surface area contributed by atoms with Gasteiger partial charge in [0, 0.05) is 25.0 Å². The number of nitrogens with two attached hydrogens (primary N) is 1. The van der Waals surface area contributed by atoms with E-state index in [-0.39, 0.29) is 17.8 Å². The zero-order valence-corrected chi connectivity index (χ0v) is 21.8. The van der Waals surface area contributed by atoms with Crippen LogP contribution < -0.4 is 22.2 Å². The molecule has 3 aromatic heterocycles. The Morgan fingerprint density at radius 3 is 2.47 bits per heavy atom. The number of nitrogens with zero attached hydrogens (tertiary/aromatic N) is 4. The van der Waals surface area contributed by atoms with Crippen molar-refractivity contribution in [3.05, 3.63) is 74.2 Å². The molecule has 0 radical (unpaired) electrons. The molecule has 0 aliphatic heterocycles. The van der Waals surface area contributed by atoms with Crippen LogP contribution in [0.3, 0.4) is 0 Å². The first kappa shape index (κ1) is 29.9. The fourth-order valence-electron chi connectivity index (χ4n) is 5.30. The summed E-state index contributed by atoms with van der Waals surface area (Å²) in [4.78, 5) is 31.9. The number of benzene rings is 1. The van der Waals surface area contributed by atoms with Crippen molar-refractivity contribution < 1.29 is 35.1 Å². The van der Waals surface area contributed by atoms with E-state index in [9.17, 15) is 35.9 Å². The number of rotatable bonds is 5. The predicted octanol–water partition coefficient (Wildman–Crippen LogP) is 5.11. The minimum atomic E-state index is -4.92. The number of anilines is 2. The average molecular weight is 615 g/mol. The summed E-state index contributed by atoms with van der Waals surface area (Å²) in [5.74, 6) is -4.97. The normalized spacial score (nSPS) is 17.8. The van der Waals surface area contributed by atoms with E-state index in [0.717, 1.165) is 16.8 Å². The lowest BCUT2D eigenvalue weighted by Crippen LogP contribution is -2.33. The third-order valence-corrected chi connectivity index (χ3v) is 7.25. The van der Waals surface area contributed by atoms with Gasteiger partial charge >= 0.3 is 12.4 Å². The van der Waals surface area contributed by atoms with Crippen molar-refractivity contribution in [2.45, 2.75) is 50.6 Å². The lowest BCUT2D eigenvalue weighted by Gasteiger charge is -2.31. The molecule has 0 spiro atoms. The Bertz CT molecular complexity index is 1820.